The molecule has 182 valence electrons. The van der Waals surface area contributed by atoms with Crippen LogP contribution in [0.3, 0.4) is 0 Å². The van der Waals surface area contributed by atoms with Gasteiger partial charge >= 0.3 is 0 Å². The van der Waals surface area contributed by atoms with E-state index in [1.54, 1.807) is 24.7 Å². The first-order valence-corrected chi connectivity index (χ1v) is 11.7. The predicted octanol–water partition coefficient (Wildman–Crippen LogP) is 3.76. The molecule has 0 aliphatic heterocycles. The molecular weight excluding hydrogens is 464 g/mol. The normalized spacial score (nSPS) is 21.5. The van der Waals surface area contributed by atoms with E-state index in [0.29, 0.717) is 11.4 Å². The molecule has 3 heterocycles. The van der Waals surface area contributed by atoms with Crippen LogP contribution >= 0.6 is 0 Å². The number of rotatable bonds is 5. The number of carbonyl (C=O) groups excluding carboxylic acids is 1. The zero-order chi connectivity index (χ0) is 25.2. The van der Waals surface area contributed by atoms with Crippen molar-refractivity contribution in [2.45, 2.75) is 44.6 Å². The number of hydrogen-bond acceptors (Lipinski definition) is 6. The van der Waals surface area contributed by atoms with Crippen LogP contribution < -0.4 is 5.73 Å². The maximum atomic E-state index is 14.5. The maximum Gasteiger partial charge on any atom is 0.239 e. The van der Waals surface area contributed by atoms with Gasteiger partial charge in [0, 0.05) is 12.4 Å². The lowest BCUT2D eigenvalue weighted by atomic mass is 9.66. The van der Waals surface area contributed by atoms with E-state index in [1.807, 2.05) is 6.07 Å². The summed E-state index contributed by atoms with van der Waals surface area (Å²) in [4.78, 5) is 20.6. The number of nitrogens with two attached hydrogens (primary N) is 1. The second-order valence-electron chi connectivity index (χ2n) is 10.0. The third-order valence-corrected chi connectivity index (χ3v) is 7.90. The molecule has 2 atom stereocenters. The quantitative estimate of drug-likeness (QED) is 0.459. The van der Waals surface area contributed by atoms with Crippen molar-refractivity contribution in [3.8, 4) is 22.6 Å². The molecule has 10 heteroatoms. The Kier molecular flexibility index (Phi) is 4.79. The highest BCUT2D eigenvalue weighted by molar-refractivity contribution is 5.73. The molecule has 1 aromatic carbocycles. The number of nitrogens with zero attached hydrogens (tertiary/aromatic N) is 6. The summed E-state index contributed by atoms with van der Waals surface area (Å²) in [7, 11) is 0. The summed E-state index contributed by atoms with van der Waals surface area (Å²) in [6.45, 7) is 4.33. The van der Waals surface area contributed by atoms with Gasteiger partial charge in [0.15, 0.2) is 5.82 Å². The van der Waals surface area contributed by atoms with Gasteiger partial charge in [-0.1, -0.05) is 19.9 Å². The lowest BCUT2D eigenvalue weighted by Crippen LogP contribution is -2.38. The molecule has 0 spiro atoms. The minimum absolute atomic E-state index is 0.0355. The number of primary amides is 1. The van der Waals surface area contributed by atoms with Gasteiger partial charge in [-0.2, -0.15) is 10.2 Å². The van der Waals surface area contributed by atoms with Crippen LogP contribution in [0.25, 0.3) is 22.6 Å². The molecule has 1 amide bonds. The molecule has 36 heavy (non-hydrogen) atoms. The molecule has 6 rings (SSSR count). The Morgan fingerprint density at radius 2 is 1.97 bits per heavy atom. The van der Waals surface area contributed by atoms with E-state index < -0.39 is 23.0 Å². The van der Waals surface area contributed by atoms with E-state index in [0.717, 1.165) is 29.8 Å². The molecule has 2 bridgehead atoms. The van der Waals surface area contributed by atoms with Crippen LogP contribution in [0.5, 0.6) is 0 Å². The molecule has 3 aromatic heterocycles. The van der Waals surface area contributed by atoms with Gasteiger partial charge in [0.05, 0.1) is 39.8 Å². The average molecular weight is 488 g/mol. The SMILES string of the molecule is CC1(C)[C@H]2CC[C@]1(c1ccnc(-c3cnn(CC(N)=O)c3)n1)c1nnc(-c3c(F)cccc3F)cc12. The Morgan fingerprint density at radius 3 is 2.72 bits per heavy atom. The van der Waals surface area contributed by atoms with Crippen LogP contribution in [-0.2, 0) is 16.8 Å². The first-order valence-electron chi connectivity index (χ1n) is 11.7. The molecule has 4 aromatic rings. The fraction of sp³-hybridized carbons (Fsp3) is 0.308. The largest absolute Gasteiger partial charge is 0.368 e. The van der Waals surface area contributed by atoms with Crippen molar-refractivity contribution < 1.29 is 13.6 Å². The van der Waals surface area contributed by atoms with Crippen molar-refractivity contribution in [3.63, 3.8) is 0 Å². The molecule has 8 nitrogen and oxygen atoms in total. The lowest BCUT2D eigenvalue weighted by molar-refractivity contribution is -0.118. The van der Waals surface area contributed by atoms with Gasteiger partial charge in [-0.15, -0.1) is 5.10 Å². The molecular formula is C26H23F2N7O. The van der Waals surface area contributed by atoms with E-state index in [4.69, 9.17) is 10.7 Å². The van der Waals surface area contributed by atoms with Crippen LogP contribution in [0, 0.1) is 17.0 Å². The third-order valence-electron chi connectivity index (χ3n) is 7.90. The topological polar surface area (TPSA) is 112 Å². The minimum Gasteiger partial charge on any atom is -0.368 e. The maximum absolute atomic E-state index is 14.5. The zero-order valence-electron chi connectivity index (χ0n) is 19.7. The Hall–Kier alpha value is -4.08. The first kappa shape index (κ1) is 22.4. The molecule has 0 saturated heterocycles. The van der Waals surface area contributed by atoms with Crippen molar-refractivity contribution >= 4 is 5.91 Å². The van der Waals surface area contributed by atoms with Gasteiger partial charge in [-0.05, 0) is 54.0 Å². The number of hydrogen-bond donors (Lipinski definition) is 1. The number of aromatic nitrogens is 6. The van der Waals surface area contributed by atoms with E-state index in [1.165, 1.54) is 22.9 Å². The molecule has 2 N–H and O–H groups in total. The van der Waals surface area contributed by atoms with E-state index in [-0.39, 0.29) is 29.1 Å². The fourth-order valence-electron chi connectivity index (χ4n) is 6.22. The zero-order valence-corrected chi connectivity index (χ0v) is 19.7. The van der Waals surface area contributed by atoms with Crippen LogP contribution in [-0.4, -0.2) is 35.9 Å². The number of carbonyl (C=O) groups is 1. The van der Waals surface area contributed by atoms with Crippen molar-refractivity contribution in [2.24, 2.45) is 11.1 Å². The third kappa shape index (κ3) is 3.03. The van der Waals surface area contributed by atoms with Gasteiger partial charge < -0.3 is 5.73 Å². The van der Waals surface area contributed by atoms with Gasteiger partial charge in [-0.3, -0.25) is 9.48 Å². The van der Waals surface area contributed by atoms with Crippen molar-refractivity contribution in [1.29, 1.82) is 0 Å². The molecule has 0 radical (unpaired) electrons. The van der Waals surface area contributed by atoms with Crippen molar-refractivity contribution in [2.75, 3.05) is 0 Å². The highest BCUT2D eigenvalue weighted by Crippen LogP contribution is 2.69. The summed E-state index contributed by atoms with van der Waals surface area (Å²) >= 11 is 0. The van der Waals surface area contributed by atoms with E-state index in [2.05, 4.69) is 34.1 Å². The van der Waals surface area contributed by atoms with Crippen molar-refractivity contribution in [3.05, 3.63) is 77.5 Å². The smallest absolute Gasteiger partial charge is 0.239 e. The Bertz CT molecular complexity index is 1510. The fourth-order valence-corrected chi connectivity index (χ4v) is 6.22. The van der Waals surface area contributed by atoms with Gasteiger partial charge in [0.2, 0.25) is 5.91 Å². The van der Waals surface area contributed by atoms with Gasteiger partial charge in [0.25, 0.3) is 0 Å². The van der Waals surface area contributed by atoms with E-state index in [9.17, 15) is 13.6 Å². The van der Waals surface area contributed by atoms with Crippen LogP contribution in [0.15, 0.2) is 48.9 Å². The summed E-state index contributed by atoms with van der Waals surface area (Å²) < 4.78 is 30.4. The number of amides is 1. The van der Waals surface area contributed by atoms with Crippen LogP contribution in [0.2, 0.25) is 0 Å². The first-order chi connectivity index (χ1) is 17.2. The summed E-state index contributed by atoms with van der Waals surface area (Å²) in [5.74, 6) is -1.22. The summed E-state index contributed by atoms with van der Waals surface area (Å²) in [6.07, 6.45) is 6.69. The van der Waals surface area contributed by atoms with Crippen LogP contribution in [0.4, 0.5) is 8.78 Å². The lowest BCUT2D eigenvalue weighted by Gasteiger charge is -2.37. The van der Waals surface area contributed by atoms with Crippen LogP contribution in [0.1, 0.15) is 49.6 Å². The Balaban J connectivity index is 1.46. The summed E-state index contributed by atoms with van der Waals surface area (Å²) in [5, 5.41) is 13.0. The Labute approximate surface area is 205 Å². The Morgan fingerprint density at radius 1 is 1.19 bits per heavy atom. The molecule has 2 aliphatic carbocycles. The standard InChI is InChI=1S/C26H23F2N7O/c1-25(2)16-6-8-26(25,20-7-9-30-24(32-20)14-11-31-35(12-14)13-21(29)36)23-15(16)10-19(33-34-23)22-17(27)4-3-5-18(22)28/h3-5,7,9-12,16H,6,8,13H2,1-2H3,(H2,29,36)/t16-,26-/m0/s1. The highest BCUT2D eigenvalue weighted by Gasteiger charge is 2.65. The highest BCUT2D eigenvalue weighted by atomic mass is 19.1. The molecule has 1 fully saturated rings. The van der Waals surface area contributed by atoms with Gasteiger partial charge in [0.1, 0.15) is 18.2 Å². The predicted molar refractivity (Wildman–Crippen MR) is 126 cm³/mol. The molecule has 0 unspecified atom stereocenters. The second kappa shape index (κ2) is 7.71. The molecule has 1 saturated carbocycles. The number of fused-ring (bicyclic) bond motifs is 5. The van der Waals surface area contributed by atoms with Gasteiger partial charge in [-0.25, -0.2) is 18.7 Å². The average Bonchev–Trinajstić information content (AvgIpc) is 3.46. The number of benzene rings is 1. The number of halogens is 2. The molecule has 2 aliphatic rings. The van der Waals surface area contributed by atoms with Crippen molar-refractivity contribution in [1.82, 2.24) is 29.9 Å². The second-order valence-corrected chi connectivity index (χ2v) is 10.0. The van der Waals surface area contributed by atoms with E-state index >= 15 is 0 Å². The minimum atomic E-state index is -0.668. The monoisotopic (exact) mass is 487 g/mol. The summed E-state index contributed by atoms with van der Waals surface area (Å²) in [5.41, 5.74) is 7.71. The summed E-state index contributed by atoms with van der Waals surface area (Å²) in [6, 6.07) is 7.45.